The lowest BCUT2D eigenvalue weighted by Crippen LogP contribution is -2.23. The van der Waals surface area contributed by atoms with E-state index >= 15 is 0 Å². The average Bonchev–Trinajstić information content (AvgIpc) is 3.14. The maximum atomic E-state index is 12.5. The number of aromatic nitrogens is 3. The monoisotopic (exact) mass is 391 g/mol. The van der Waals surface area contributed by atoms with Gasteiger partial charge in [0.1, 0.15) is 11.4 Å². The minimum absolute atomic E-state index is 0.0147. The van der Waals surface area contributed by atoms with Gasteiger partial charge in [-0.2, -0.15) is 0 Å². The first-order valence-corrected chi connectivity index (χ1v) is 9.39. The molecule has 0 atom stereocenters. The predicted octanol–water partition coefficient (Wildman–Crippen LogP) is 2.48. The second-order valence-corrected chi connectivity index (χ2v) is 6.81. The van der Waals surface area contributed by atoms with Gasteiger partial charge >= 0.3 is 0 Å². The van der Waals surface area contributed by atoms with Gasteiger partial charge in [0, 0.05) is 17.7 Å². The molecule has 3 aromatic rings. The van der Waals surface area contributed by atoms with Crippen LogP contribution in [0.2, 0.25) is 0 Å². The zero-order valence-electron chi connectivity index (χ0n) is 16.0. The fourth-order valence-electron chi connectivity index (χ4n) is 3.23. The van der Waals surface area contributed by atoms with Crippen molar-refractivity contribution < 1.29 is 14.3 Å². The number of methoxy groups -OCH3 is 1. The Morgan fingerprint density at radius 2 is 2.03 bits per heavy atom. The fraction of sp³-hybridized carbons (Fsp3) is 0.238. The summed E-state index contributed by atoms with van der Waals surface area (Å²) in [5.74, 6) is 0.588. The number of anilines is 1. The van der Waals surface area contributed by atoms with Crippen molar-refractivity contribution in [2.75, 3.05) is 12.4 Å². The molecule has 1 aromatic heterocycles. The molecule has 1 aliphatic rings. The first kappa shape index (κ1) is 18.7. The summed E-state index contributed by atoms with van der Waals surface area (Å²) in [6.07, 6.45) is 3.82. The van der Waals surface area contributed by atoms with Crippen LogP contribution in [0.1, 0.15) is 34.5 Å². The van der Waals surface area contributed by atoms with Gasteiger partial charge in [0.05, 0.1) is 25.5 Å². The second kappa shape index (κ2) is 8.14. The number of aryl methyl sites for hydroxylation is 1. The molecule has 148 valence electrons. The fourth-order valence-corrected chi connectivity index (χ4v) is 3.23. The van der Waals surface area contributed by atoms with E-state index in [0.29, 0.717) is 17.7 Å². The van der Waals surface area contributed by atoms with Crippen LogP contribution in [-0.4, -0.2) is 33.9 Å². The Hall–Kier alpha value is -3.68. The van der Waals surface area contributed by atoms with E-state index in [1.54, 1.807) is 30.1 Å². The lowest BCUT2D eigenvalue weighted by Gasteiger charge is -2.09. The Kier molecular flexibility index (Phi) is 5.24. The highest BCUT2D eigenvalue weighted by molar-refractivity contribution is 5.97. The van der Waals surface area contributed by atoms with Gasteiger partial charge in [-0.1, -0.05) is 5.21 Å². The molecular weight excluding hydrogens is 370 g/mol. The SMILES string of the molecule is COc1ccc(-n2cc(CNC(=O)c3ccc4c(c3)CCCC(=O)N4)nn2)cc1. The number of hydrogen-bond acceptors (Lipinski definition) is 5. The van der Waals surface area contributed by atoms with E-state index in [1.165, 1.54) is 0 Å². The van der Waals surface area contributed by atoms with Crippen molar-refractivity contribution in [1.82, 2.24) is 20.3 Å². The molecule has 0 saturated heterocycles. The van der Waals surface area contributed by atoms with E-state index in [1.807, 2.05) is 30.3 Å². The van der Waals surface area contributed by atoms with Crippen LogP contribution in [0.5, 0.6) is 5.75 Å². The highest BCUT2D eigenvalue weighted by Gasteiger charge is 2.15. The van der Waals surface area contributed by atoms with Crippen LogP contribution in [0, 0.1) is 0 Å². The summed E-state index contributed by atoms with van der Waals surface area (Å²) in [4.78, 5) is 24.2. The summed E-state index contributed by atoms with van der Waals surface area (Å²) in [6.45, 7) is 0.267. The number of hydrogen-bond donors (Lipinski definition) is 2. The maximum Gasteiger partial charge on any atom is 0.251 e. The molecule has 0 saturated carbocycles. The zero-order chi connectivity index (χ0) is 20.2. The normalized spacial score (nSPS) is 13.2. The summed E-state index contributed by atoms with van der Waals surface area (Å²) >= 11 is 0. The first-order chi connectivity index (χ1) is 14.1. The van der Waals surface area contributed by atoms with Gasteiger partial charge in [0.25, 0.3) is 5.91 Å². The standard InChI is InChI=1S/C21H21N5O3/c1-29-18-8-6-17(7-9-18)26-13-16(24-25-26)12-22-21(28)15-5-10-19-14(11-15)3-2-4-20(27)23-19/h5-11,13H,2-4,12H2,1H3,(H,22,28)(H,23,27). The number of nitrogens with zero attached hydrogens (tertiary/aromatic N) is 3. The van der Waals surface area contributed by atoms with Gasteiger partial charge in [-0.05, 0) is 60.9 Å². The van der Waals surface area contributed by atoms with Crippen molar-refractivity contribution in [1.29, 1.82) is 0 Å². The largest absolute Gasteiger partial charge is 0.497 e. The first-order valence-electron chi connectivity index (χ1n) is 9.39. The second-order valence-electron chi connectivity index (χ2n) is 6.81. The highest BCUT2D eigenvalue weighted by atomic mass is 16.5. The molecule has 0 bridgehead atoms. The third-order valence-corrected chi connectivity index (χ3v) is 4.80. The highest BCUT2D eigenvalue weighted by Crippen LogP contribution is 2.23. The molecule has 8 nitrogen and oxygen atoms in total. The number of nitrogens with one attached hydrogen (secondary N) is 2. The topological polar surface area (TPSA) is 98.1 Å². The Balaban J connectivity index is 1.40. The summed E-state index contributed by atoms with van der Waals surface area (Å²) in [5, 5.41) is 14.0. The van der Waals surface area contributed by atoms with Crippen LogP contribution in [-0.2, 0) is 17.8 Å². The van der Waals surface area contributed by atoms with E-state index in [0.717, 1.165) is 35.5 Å². The molecule has 0 spiro atoms. The van der Waals surface area contributed by atoms with Crippen LogP contribution in [0.25, 0.3) is 5.69 Å². The summed E-state index contributed by atoms with van der Waals surface area (Å²) < 4.78 is 6.80. The molecule has 29 heavy (non-hydrogen) atoms. The Labute approximate surface area is 167 Å². The van der Waals surface area contributed by atoms with Crippen molar-refractivity contribution in [2.24, 2.45) is 0 Å². The Morgan fingerprint density at radius 3 is 2.83 bits per heavy atom. The third-order valence-electron chi connectivity index (χ3n) is 4.80. The van der Waals surface area contributed by atoms with Gasteiger partial charge in [-0.15, -0.1) is 5.10 Å². The van der Waals surface area contributed by atoms with E-state index in [2.05, 4.69) is 20.9 Å². The van der Waals surface area contributed by atoms with E-state index < -0.39 is 0 Å². The molecule has 2 N–H and O–H groups in total. The van der Waals surface area contributed by atoms with Crippen LogP contribution in [0.15, 0.2) is 48.7 Å². The maximum absolute atomic E-state index is 12.5. The van der Waals surface area contributed by atoms with Crippen molar-refractivity contribution in [3.8, 4) is 11.4 Å². The minimum atomic E-state index is -0.192. The van der Waals surface area contributed by atoms with Crippen molar-refractivity contribution in [3.63, 3.8) is 0 Å². The average molecular weight is 391 g/mol. The number of carbonyl (C=O) groups excluding carboxylic acids is 2. The van der Waals surface area contributed by atoms with Crippen molar-refractivity contribution >= 4 is 17.5 Å². The number of carbonyl (C=O) groups is 2. The number of fused-ring (bicyclic) bond motifs is 1. The molecule has 2 aromatic carbocycles. The quantitative estimate of drug-likeness (QED) is 0.696. The summed E-state index contributed by atoms with van der Waals surface area (Å²) in [6, 6.07) is 12.8. The summed E-state index contributed by atoms with van der Waals surface area (Å²) in [7, 11) is 1.62. The van der Waals surface area contributed by atoms with Crippen LogP contribution >= 0.6 is 0 Å². The molecule has 2 amide bonds. The molecule has 0 unspecified atom stereocenters. The summed E-state index contributed by atoms with van der Waals surface area (Å²) in [5.41, 5.74) is 3.82. The molecule has 0 radical (unpaired) electrons. The van der Waals surface area contributed by atoms with Gasteiger partial charge in [-0.25, -0.2) is 4.68 Å². The van der Waals surface area contributed by atoms with Crippen molar-refractivity contribution in [2.45, 2.75) is 25.8 Å². The van der Waals surface area contributed by atoms with Crippen LogP contribution in [0.3, 0.4) is 0 Å². The smallest absolute Gasteiger partial charge is 0.251 e. The van der Waals surface area contributed by atoms with E-state index in [-0.39, 0.29) is 18.4 Å². The van der Waals surface area contributed by atoms with Crippen molar-refractivity contribution in [3.05, 3.63) is 65.5 Å². The number of amides is 2. The molecule has 4 rings (SSSR count). The molecule has 1 aliphatic heterocycles. The van der Waals surface area contributed by atoms with E-state index in [4.69, 9.17) is 4.74 Å². The van der Waals surface area contributed by atoms with E-state index in [9.17, 15) is 9.59 Å². The van der Waals surface area contributed by atoms with Crippen LogP contribution in [0.4, 0.5) is 5.69 Å². The molecule has 0 fully saturated rings. The molecular formula is C21H21N5O3. The zero-order valence-corrected chi connectivity index (χ0v) is 16.0. The van der Waals surface area contributed by atoms with Gasteiger partial charge < -0.3 is 15.4 Å². The number of rotatable bonds is 5. The molecule has 2 heterocycles. The Bertz CT molecular complexity index is 1040. The predicted molar refractivity (Wildman–Crippen MR) is 107 cm³/mol. The Morgan fingerprint density at radius 1 is 1.21 bits per heavy atom. The third kappa shape index (κ3) is 4.26. The number of benzene rings is 2. The number of ether oxygens (including phenoxy) is 1. The lowest BCUT2D eigenvalue weighted by atomic mass is 10.0. The van der Waals surface area contributed by atoms with Gasteiger partial charge in [0.15, 0.2) is 0 Å². The minimum Gasteiger partial charge on any atom is -0.497 e. The van der Waals surface area contributed by atoms with Gasteiger partial charge in [0.2, 0.25) is 5.91 Å². The van der Waals surface area contributed by atoms with Crippen LogP contribution < -0.4 is 15.4 Å². The molecule has 0 aliphatic carbocycles. The van der Waals surface area contributed by atoms with Gasteiger partial charge in [-0.3, -0.25) is 9.59 Å². The lowest BCUT2D eigenvalue weighted by molar-refractivity contribution is -0.116. The molecule has 8 heteroatoms.